The minimum absolute atomic E-state index is 0.0259. The van der Waals surface area contributed by atoms with Crippen LogP contribution in [-0.4, -0.2) is 10.1 Å². The first-order valence-electron chi connectivity index (χ1n) is 5.97. The second kappa shape index (κ2) is 6.39. The molecule has 1 heterocycles. The van der Waals surface area contributed by atoms with Crippen molar-refractivity contribution in [3.63, 3.8) is 0 Å². The van der Waals surface area contributed by atoms with Gasteiger partial charge in [-0.15, -0.1) is 0 Å². The maximum absolute atomic E-state index is 10.00. The molecule has 1 aromatic heterocycles. The third kappa shape index (κ3) is 3.48. The van der Waals surface area contributed by atoms with Crippen LogP contribution in [-0.2, 0) is 0 Å². The Hall–Kier alpha value is -1.07. The van der Waals surface area contributed by atoms with Crippen LogP contribution in [0, 0.1) is 0 Å². The summed E-state index contributed by atoms with van der Waals surface area (Å²) in [6.07, 6.45) is 2.58. The van der Waals surface area contributed by atoms with Crippen LogP contribution in [0.3, 0.4) is 0 Å². The second-order valence-corrected chi connectivity index (χ2v) is 5.82. The molecule has 0 saturated carbocycles. The minimum Gasteiger partial charge on any atom is -0.508 e. The molecule has 2 N–H and O–H groups in total. The Labute approximate surface area is 129 Å². The molecule has 3 nitrogen and oxygen atoms in total. The summed E-state index contributed by atoms with van der Waals surface area (Å²) in [7, 11) is 0. The van der Waals surface area contributed by atoms with Gasteiger partial charge >= 0.3 is 0 Å². The average molecular weight is 386 g/mol. The van der Waals surface area contributed by atoms with Crippen molar-refractivity contribution in [2.24, 2.45) is 0 Å². The second-order valence-electron chi connectivity index (χ2n) is 4.15. The van der Waals surface area contributed by atoms with Crippen LogP contribution in [0.15, 0.2) is 45.6 Å². The van der Waals surface area contributed by atoms with Gasteiger partial charge in [-0.05, 0) is 52.7 Å². The lowest BCUT2D eigenvalue weighted by atomic mass is 10.0. The summed E-state index contributed by atoms with van der Waals surface area (Å²) in [4.78, 5) is 4.18. The normalized spacial score (nSPS) is 12.2. The summed E-state index contributed by atoms with van der Waals surface area (Å²) >= 11 is 6.85. The zero-order valence-electron chi connectivity index (χ0n) is 10.4. The molecule has 0 saturated heterocycles. The molecule has 0 aliphatic heterocycles. The van der Waals surface area contributed by atoms with Crippen LogP contribution >= 0.6 is 31.9 Å². The quantitative estimate of drug-likeness (QED) is 0.737. The molecular weight excluding hydrogens is 372 g/mol. The Kier molecular flexibility index (Phi) is 4.82. The van der Waals surface area contributed by atoms with Gasteiger partial charge in [-0.25, -0.2) is 4.98 Å². The lowest BCUT2D eigenvalue weighted by Crippen LogP contribution is -2.10. The summed E-state index contributed by atoms with van der Waals surface area (Å²) < 4.78 is 1.72. The molecule has 2 rings (SSSR count). The van der Waals surface area contributed by atoms with Gasteiger partial charge in [0.15, 0.2) is 0 Å². The molecule has 0 amide bonds. The van der Waals surface area contributed by atoms with E-state index in [1.165, 1.54) is 0 Å². The highest BCUT2D eigenvalue weighted by atomic mass is 79.9. The number of benzene rings is 1. The third-order valence-electron chi connectivity index (χ3n) is 2.86. The van der Waals surface area contributed by atoms with Crippen LogP contribution < -0.4 is 5.32 Å². The molecule has 0 fully saturated rings. The SMILES string of the molecule is CCC(Nc1cccnc1Br)c1cc(Br)ccc1O. The van der Waals surface area contributed by atoms with Crippen molar-refractivity contribution in [3.8, 4) is 5.75 Å². The number of aromatic hydroxyl groups is 1. The van der Waals surface area contributed by atoms with Crippen molar-refractivity contribution in [2.75, 3.05) is 5.32 Å². The smallest absolute Gasteiger partial charge is 0.129 e. The van der Waals surface area contributed by atoms with E-state index in [-0.39, 0.29) is 6.04 Å². The summed E-state index contributed by atoms with van der Waals surface area (Å²) in [6, 6.07) is 9.31. The van der Waals surface area contributed by atoms with Gasteiger partial charge in [0.2, 0.25) is 0 Å². The average Bonchev–Trinajstić information content (AvgIpc) is 2.41. The minimum atomic E-state index is 0.0259. The first-order chi connectivity index (χ1) is 9.11. The number of phenols is 1. The van der Waals surface area contributed by atoms with E-state index in [0.717, 1.165) is 26.7 Å². The van der Waals surface area contributed by atoms with Gasteiger partial charge in [-0.2, -0.15) is 0 Å². The molecule has 0 aliphatic rings. The number of aromatic nitrogens is 1. The Morgan fingerprint density at radius 3 is 2.79 bits per heavy atom. The molecule has 0 radical (unpaired) electrons. The molecule has 0 aliphatic carbocycles. The van der Waals surface area contributed by atoms with Gasteiger partial charge in [-0.3, -0.25) is 0 Å². The van der Waals surface area contributed by atoms with E-state index < -0.39 is 0 Å². The summed E-state index contributed by atoms with van der Waals surface area (Å²) in [6.45, 7) is 2.07. The number of halogens is 2. The van der Waals surface area contributed by atoms with Crippen molar-refractivity contribution in [3.05, 3.63) is 51.2 Å². The Balaban J connectivity index is 2.30. The highest BCUT2D eigenvalue weighted by Crippen LogP contribution is 2.33. The molecule has 0 spiro atoms. The van der Waals surface area contributed by atoms with Crippen LogP contribution in [0.1, 0.15) is 24.9 Å². The predicted molar refractivity (Wildman–Crippen MR) is 84.4 cm³/mol. The zero-order valence-corrected chi connectivity index (χ0v) is 13.6. The van der Waals surface area contributed by atoms with Crippen LogP contribution in [0.25, 0.3) is 0 Å². The van der Waals surface area contributed by atoms with E-state index in [2.05, 4.69) is 49.1 Å². The van der Waals surface area contributed by atoms with Gasteiger partial charge in [0, 0.05) is 16.2 Å². The lowest BCUT2D eigenvalue weighted by Gasteiger charge is -2.20. The number of hydrogen-bond donors (Lipinski definition) is 2. The van der Waals surface area contributed by atoms with E-state index in [9.17, 15) is 5.11 Å². The number of nitrogens with one attached hydrogen (secondary N) is 1. The molecular formula is C14H14Br2N2O. The van der Waals surface area contributed by atoms with E-state index in [1.807, 2.05) is 24.3 Å². The molecule has 1 atom stereocenters. The Morgan fingerprint density at radius 2 is 2.11 bits per heavy atom. The van der Waals surface area contributed by atoms with Gasteiger partial charge in [0.1, 0.15) is 10.4 Å². The van der Waals surface area contributed by atoms with Gasteiger partial charge in [-0.1, -0.05) is 22.9 Å². The van der Waals surface area contributed by atoms with Crippen molar-refractivity contribution >= 4 is 37.5 Å². The van der Waals surface area contributed by atoms with E-state index in [1.54, 1.807) is 12.3 Å². The van der Waals surface area contributed by atoms with Gasteiger partial charge in [0.25, 0.3) is 0 Å². The van der Waals surface area contributed by atoms with Crippen molar-refractivity contribution < 1.29 is 5.11 Å². The molecule has 1 aromatic carbocycles. The van der Waals surface area contributed by atoms with E-state index in [4.69, 9.17) is 0 Å². The molecule has 0 bridgehead atoms. The fourth-order valence-electron chi connectivity index (χ4n) is 1.89. The monoisotopic (exact) mass is 384 g/mol. The van der Waals surface area contributed by atoms with Crippen molar-refractivity contribution in [1.82, 2.24) is 4.98 Å². The summed E-state index contributed by atoms with van der Waals surface area (Å²) in [5.74, 6) is 0.294. The number of nitrogens with zero attached hydrogens (tertiary/aromatic N) is 1. The zero-order chi connectivity index (χ0) is 13.8. The number of pyridine rings is 1. The van der Waals surface area contributed by atoms with Gasteiger partial charge in [0.05, 0.1) is 11.7 Å². The fourth-order valence-corrected chi connectivity index (χ4v) is 2.63. The third-order valence-corrected chi connectivity index (χ3v) is 3.99. The molecule has 19 heavy (non-hydrogen) atoms. The van der Waals surface area contributed by atoms with Crippen LogP contribution in [0.5, 0.6) is 5.75 Å². The Bertz CT molecular complexity index is 575. The number of hydrogen-bond acceptors (Lipinski definition) is 3. The fraction of sp³-hybridized carbons (Fsp3) is 0.214. The number of anilines is 1. The summed E-state index contributed by atoms with van der Waals surface area (Å²) in [5, 5.41) is 13.4. The van der Waals surface area contributed by atoms with Crippen LogP contribution in [0.4, 0.5) is 5.69 Å². The first-order valence-corrected chi connectivity index (χ1v) is 7.56. The maximum Gasteiger partial charge on any atom is 0.129 e. The standard InChI is InChI=1S/C14H14Br2N2O/c1-2-11(10-8-9(15)5-6-13(10)19)18-12-4-3-7-17-14(12)16/h3-8,11,18-19H,2H2,1H3. The molecule has 5 heteroatoms. The lowest BCUT2D eigenvalue weighted by molar-refractivity contribution is 0.462. The highest BCUT2D eigenvalue weighted by molar-refractivity contribution is 9.10. The van der Waals surface area contributed by atoms with E-state index in [0.29, 0.717) is 5.75 Å². The van der Waals surface area contributed by atoms with Crippen molar-refractivity contribution in [2.45, 2.75) is 19.4 Å². The maximum atomic E-state index is 10.00. The Morgan fingerprint density at radius 1 is 1.32 bits per heavy atom. The highest BCUT2D eigenvalue weighted by Gasteiger charge is 2.15. The largest absolute Gasteiger partial charge is 0.508 e. The molecule has 1 unspecified atom stereocenters. The van der Waals surface area contributed by atoms with Crippen molar-refractivity contribution in [1.29, 1.82) is 0 Å². The number of phenolic OH excluding ortho intramolecular Hbond substituents is 1. The van der Waals surface area contributed by atoms with Gasteiger partial charge < -0.3 is 10.4 Å². The first kappa shape index (κ1) is 14.3. The van der Waals surface area contributed by atoms with Crippen LogP contribution in [0.2, 0.25) is 0 Å². The predicted octanol–water partition coefficient (Wildman–Crippen LogP) is 4.88. The van der Waals surface area contributed by atoms with E-state index >= 15 is 0 Å². The molecule has 2 aromatic rings. The molecule has 100 valence electrons. The number of rotatable bonds is 4. The topological polar surface area (TPSA) is 45.2 Å². The summed E-state index contributed by atoms with van der Waals surface area (Å²) in [5.41, 5.74) is 1.78.